The first-order valence-corrected chi connectivity index (χ1v) is 12.3. The normalized spacial score (nSPS) is 12.4. The van der Waals surface area contributed by atoms with Crippen LogP contribution in [-0.2, 0) is 23.7 Å². The molecule has 0 spiro atoms. The van der Waals surface area contributed by atoms with Gasteiger partial charge in [0.05, 0.1) is 0 Å². The number of nitrogens with zero attached hydrogens (tertiary/aromatic N) is 1. The van der Waals surface area contributed by atoms with Crippen LogP contribution < -0.4 is 5.32 Å². The fourth-order valence-electron chi connectivity index (χ4n) is 4.12. The van der Waals surface area contributed by atoms with Crippen molar-refractivity contribution in [1.29, 1.82) is 0 Å². The van der Waals surface area contributed by atoms with Crippen molar-refractivity contribution in [2.75, 3.05) is 5.32 Å². The summed E-state index contributed by atoms with van der Waals surface area (Å²) >= 11 is 0. The minimum atomic E-state index is -0.185. The SMILES string of the molecule is CCc1cccc(CC)c1Nc1ccccc1C=Nc1cc(C(C)(C)C)cc(C(C)(C)C)c1O. The van der Waals surface area contributed by atoms with Crippen LogP contribution in [0.3, 0.4) is 0 Å². The maximum atomic E-state index is 11.1. The third kappa shape index (κ3) is 5.70. The zero-order valence-corrected chi connectivity index (χ0v) is 22.1. The summed E-state index contributed by atoms with van der Waals surface area (Å²) in [6.07, 6.45) is 3.79. The number of phenolic OH excluding ortho intramolecular Hbond substituents is 1. The monoisotopic (exact) mass is 456 g/mol. The van der Waals surface area contributed by atoms with E-state index < -0.39 is 0 Å². The van der Waals surface area contributed by atoms with Crippen LogP contribution in [0.2, 0.25) is 0 Å². The highest BCUT2D eigenvalue weighted by Gasteiger charge is 2.24. The zero-order valence-electron chi connectivity index (χ0n) is 22.1. The molecule has 0 aliphatic carbocycles. The van der Waals surface area contributed by atoms with E-state index in [0.717, 1.165) is 29.7 Å². The molecule has 3 rings (SSSR count). The number of para-hydroxylation sites is 2. The summed E-state index contributed by atoms with van der Waals surface area (Å²) in [6, 6.07) is 18.8. The van der Waals surface area contributed by atoms with Crippen molar-refractivity contribution in [3.8, 4) is 5.75 Å². The summed E-state index contributed by atoms with van der Waals surface area (Å²) < 4.78 is 0. The lowest BCUT2D eigenvalue weighted by atomic mass is 9.80. The number of hydrogen-bond donors (Lipinski definition) is 2. The van der Waals surface area contributed by atoms with E-state index in [4.69, 9.17) is 4.99 Å². The van der Waals surface area contributed by atoms with Crippen molar-refractivity contribution in [3.63, 3.8) is 0 Å². The van der Waals surface area contributed by atoms with Gasteiger partial charge in [0, 0.05) is 28.7 Å². The van der Waals surface area contributed by atoms with E-state index >= 15 is 0 Å². The van der Waals surface area contributed by atoms with E-state index in [-0.39, 0.29) is 16.6 Å². The van der Waals surface area contributed by atoms with Crippen LogP contribution in [0, 0.1) is 0 Å². The number of aryl methyl sites for hydroxylation is 2. The Morgan fingerprint density at radius 1 is 0.824 bits per heavy atom. The minimum absolute atomic E-state index is 0.0438. The van der Waals surface area contributed by atoms with Crippen molar-refractivity contribution in [2.45, 2.75) is 79.1 Å². The molecule has 0 saturated heterocycles. The molecule has 3 aromatic carbocycles. The van der Waals surface area contributed by atoms with Gasteiger partial charge in [-0.15, -0.1) is 0 Å². The molecule has 0 saturated carbocycles. The van der Waals surface area contributed by atoms with Crippen LogP contribution in [-0.4, -0.2) is 11.3 Å². The molecule has 0 aliphatic rings. The number of nitrogens with one attached hydrogen (secondary N) is 1. The molecule has 2 N–H and O–H groups in total. The van der Waals surface area contributed by atoms with E-state index in [1.165, 1.54) is 22.4 Å². The number of anilines is 2. The van der Waals surface area contributed by atoms with Gasteiger partial charge in [0.15, 0.2) is 0 Å². The van der Waals surface area contributed by atoms with Gasteiger partial charge in [-0.25, -0.2) is 0 Å². The number of phenols is 1. The van der Waals surface area contributed by atoms with E-state index in [9.17, 15) is 5.11 Å². The van der Waals surface area contributed by atoms with Crippen molar-refractivity contribution < 1.29 is 5.11 Å². The maximum absolute atomic E-state index is 11.1. The molecule has 180 valence electrons. The summed E-state index contributed by atoms with van der Waals surface area (Å²) in [5.74, 6) is 0.256. The summed E-state index contributed by atoms with van der Waals surface area (Å²) in [5, 5.41) is 14.8. The Morgan fingerprint density at radius 3 is 2.00 bits per heavy atom. The van der Waals surface area contributed by atoms with Crippen molar-refractivity contribution in [3.05, 3.63) is 82.4 Å². The molecule has 0 fully saturated rings. The van der Waals surface area contributed by atoms with E-state index in [2.05, 4.69) is 97.1 Å². The molecule has 34 heavy (non-hydrogen) atoms. The molecular formula is C31H40N2O. The van der Waals surface area contributed by atoms with Crippen LogP contribution in [0.25, 0.3) is 0 Å². The van der Waals surface area contributed by atoms with Crippen molar-refractivity contribution >= 4 is 23.3 Å². The van der Waals surface area contributed by atoms with Gasteiger partial charge in [0.25, 0.3) is 0 Å². The first kappa shape index (κ1) is 25.6. The van der Waals surface area contributed by atoms with E-state index in [1.54, 1.807) is 0 Å². The molecule has 0 heterocycles. The zero-order chi connectivity index (χ0) is 25.1. The van der Waals surface area contributed by atoms with Gasteiger partial charge in [0.2, 0.25) is 0 Å². The predicted molar refractivity (Wildman–Crippen MR) is 148 cm³/mol. The van der Waals surface area contributed by atoms with Crippen LogP contribution in [0.15, 0.2) is 59.6 Å². The molecule has 3 aromatic rings. The van der Waals surface area contributed by atoms with Crippen LogP contribution in [0.1, 0.15) is 83.2 Å². The molecule has 0 aliphatic heterocycles. The predicted octanol–water partition coefficient (Wildman–Crippen LogP) is 8.61. The highest BCUT2D eigenvalue weighted by molar-refractivity contribution is 5.91. The second-order valence-electron chi connectivity index (χ2n) is 11.0. The van der Waals surface area contributed by atoms with Gasteiger partial charge < -0.3 is 10.4 Å². The first-order chi connectivity index (χ1) is 16.0. The highest BCUT2D eigenvalue weighted by Crippen LogP contribution is 2.41. The Labute approximate surface area is 206 Å². The summed E-state index contributed by atoms with van der Waals surface area (Å²) in [5.41, 5.74) is 8.23. The Balaban J connectivity index is 2.06. The lowest BCUT2D eigenvalue weighted by Gasteiger charge is -2.26. The lowest BCUT2D eigenvalue weighted by Crippen LogP contribution is -2.16. The van der Waals surface area contributed by atoms with Gasteiger partial charge in [-0.05, 0) is 52.5 Å². The second-order valence-corrected chi connectivity index (χ2v) is 11.0. The number of benzene rings is 3. The Morgan fingerprint density at radius 2 is 1.44 bits per heavy atom. The smallest absolute Gasteiger partial charge is 0.144 e. The fraction of sp³-hybridized carbons (Fsp3) is 0.387. The van der Waals surface area contributed by atoms with Gasteiger partial charge in [-0.3, -0.25) is 4.99 Å². The summed E-state index contributed by atoms with van der Waals surface area (Å²) in [7, 11) is 0. The number of aromatic hydroxyl groups is 1. The number of rotatable bonds is 6. The Bertz CT molecular complexity index is 1150. The number of hydrogen-bond acceptors (Lipinski definition) is 3. The molecule has 0 bridgehead atoms. The molecule has 0 radical (unpaired) electrons. The lowest BCUT2D eigenvalue weighted by molar-refractivity contribution is 0.446. The Hall–Kier alpha value is -3.07. The molecule has 0 atom stereocenters. The molecule has 0 amide bonds. The largest absolute Gasteiger partial charge is 0.505 e. The molecular weight excluding hydrogens is 416 g/mol. The third-order valence-corrected chi connectivity index (χ3v) is 6.33. The first-order valence-electron chi connectivity index (χ1n) is 12.3. The minimum Gasteiger partial charge on any atom is -0.505 e. The average molecular weight is 457 g/mol. The molecule has 0 unspecified atom stereocenters. The van der Waals surface area contributed by atoms with Crippen LogP contribution in [0.4, 0.5) is 17.1 Å². The standard InChI is InChI=1S/C31H40N2O/c1-9-21-15-13-16-22(10-2)28(21)33-26-17-12-11-14-23(26)20-32-27-19-24(30(3,4)5)18-25(29(27)34)31(6,7)8/h11-20,33-34H,9-10H2,1-8H3. The quantitative estimate of drug-likeness (QED) is 0.365. The summed E-state index contributed by atoms with van der Waals surface area (Å²) in [6.45, 7) is 17.3. The third-order valence-electron chi connectivity index (χ3n) is 6.33. The van der Waals surface area contributed by atoms with E-state index in [1.807, 2.05) is 24.4 Å². The van der Waals surface area contributed by atoms with Crippen molar-refractivity contribution in [1.82, 2.24) is 0 Å². The average Bonchev–Trinajstić information content (AvgIpc) is 2.77. The van der Waals surface area contributed by atoms with Gasteiger partial charge in [-0.2, -0.15) is 0 Å². The van der Waals surface area contributed by atoms with E-state index in [0.29, 0.717) is 5.69 Å². The molecule has 3 heteroatoms. The van der Waals surface area contributed by atoms with Gasteiger partial charge >= 0.3 is 0 Å². The topological polar surface area (TPSA) is 44.6 Å². The number of aliphatic imine (C=N–C) groups is 1. The highest BCUT2D eigenvalue weighted by atomic mass is 16.3. The Kier molecular flexibility index (Phi) is 7.55. The van der Waals surface area contributed by atoms with Gasteiger partial charge in [0.1, 0.15) is 11.4 Å². The second kappa shape index (κ2) is 10.0. The van der Waals surface area contributed by atoms with Crippen molar-refractivity contribution in [2.24, 2.45) is 4.99 Å². The van der Waals surface area contributed by atoms with Crippen LogP contribution in [0.5, 0.6) is 5.75 Å². The van der Waals surface area contributed by atoms with Crippen LogP contribution >= 0.6 is 0 Å². The van der Waals surface area contributed by atoms with Gasteiger partial charge in [-0.1, -0.05) is 97.9 Å². The molecule has 0 aromatic heterocycles. The molecule has 3 nitrogen and oxygen atoms in total. The fourth-order valence-corrected chi connectivity index (χ4v) is 4.12. The maximum Gasteiger partial charge on any atom is 0.144 e. The summed E-state index contributed by atoms with van der Waals surface area (Å²) in [4.78, 5) is 4.80.